The van der Waals surface area contributed by atoms with E-state index in [-0.39, 0.29) is 5.91 Å². The number of nitrogens with zero attached hydrogens (tertiary/aromatic N) is 1. The molecule has 0 unspecified atom stereocenters. The number of carbonyl (C=O) groups excluding carboxylic acids is 1. The van der Waals surface area contributed by atoms with Crippen LogP contribution in [0.25, 0.3) is 0 Å². The summed E-state index contributed by atoms with van der Waals surface area (Å²) in [7, 11) is 1.85. The minimum absolute atomic E-state index is 0.216. The molecular formula is C12H17NO. The van der Waals surface area contributed by atoms with Crippen molar-refractivity contribution in [2.24, 2.45) is 0 Å². The first-order chi connectivity index (χ1) is 6.77. The first kappa shape index (κ1) is 10.8. The monoisotopic (exact) mass is 191 g/mol. The van der Waals surface area contributed by atoms with Crippen LogP contribution in [0.1, 0.15) is 25.0 Å². The Bertz CT molecular complexity index is 320. The van der Waals surface area contributed by atoms with E-state index in [1.807, 2.05) is 39.1 Å². The van der Waals surface area contributed by atoms with Crippen LogP contribution in [0, 0.1) is 0 Å². The number of likely N-dealkylation sites (N-methyl/N-ethyl adjacent to an activating group) is 1. The zero-order valence-electron chi connectivity index (χ0n) is 9.08. The molecule has 0 atom stereocenters. The van der Waals surface area contributed by atoms with Crippen LogP contribution in [-0.4, -0.2) is 17.9 Å². The van der Waals surface area contributed by atoms with Gasteiger partial charge in [0, 0.05) is 13.6 Å². The molecule has 1 aromatic carbocycles. The highest BCUT2D eigenvalue weighted by atomic mass is 16.2. The van der Waals surface area contributed by atoms with E-state index in [4.69, 9.17) is 0 Å². The van der Waals surface area contributed by atoms with Crippen molar-refractivity contribution in [3.63, 3.8) is 0 Å². The second-order valence-electron chi connectivity index (χ2n) is 3.20. The van der Waals surface area contributed by atoms with Crippen molar-refractivity contribution in [1.29, 1.82) is 0 Å². The molecule has 0 saturated heterocycles. The Labute approximate surface area is 85.5 Å². The van der Waals surface area contributed by atoms with Crippen LogP contribution in [0.5, 0.6) is 0 Å². The van der Waals surface area contributed by atoms with Gasteiger partial charge >= 0.3 is 0 Å². The number of rotatable bonds is 0. The van der Waals surface area contributed by atoms with Crippen molar-refractivity contribution in [3.8, 4) is 0 Å². The zero-order chi connectivity index (χ0) is 10.6. The van der Waals surface area contributed by atoms with Gasteiger partial charge in [-0.2, -0.15) is 0 Å². The largest absolute Gasteiger partial charge is 0.341 e. The maximum atomic E-state index is 11.3. The zero-order valence-corrected chi connectivity index (χ0v) is 9.08. The molecular weight excluding hydrogens is 174 g/mol. The van der Waals surface area contributed by atoms with Gasteiger partial charge in [0.05, 0.1) is 6.42 Å². The quantitative estimate of drug-likeness (QED) is 0.615. The van der Waals surface area contributed by atoms with E-state index in [9.17, 15) is 4.79 Å². The molecule has 1 heterocycles. The van der Waals surface area contributed by atoms with Crippen LogP contribution in [0.15, 0.2) is 24.3 Å². The van der Waals surface area contributed by atoms with Crippen molar-refractivity contribution < 1.29 is 4.79 Å². The predicted molar refractivity (Wildman–Crippen MR) is 58.0 cm³/mol. The van der Waals surface area contributed by atoms with E-state index in [0.29, 0.717) is 6.42 Å². The molecule has 1 aliphatic rings. The number of benzene rings is 1. The highest BCUT2D eigenvalue weighted by molar-refractivity contribution is 5.80. The van der Waals surface area contributed by atoms with Gasteiger partial charge in [0.2, 0.25) is 5.91 Å². The SMILES string of the molecule is CC.CN1Cc2ccccc2CC1=O. The average molecular weight is 191 g/mol. The van der Waals surface area contributed by atoms with Crippen LogP contribution < -0.4 is 0 Å². The molecule has 0 radical (unpaired) electrons. The molecule has 0 fully saturated rings. The van der Waals surface area contributed by atoms with E-state index >= 15 is 0 Å². The molecule has 0 saturated carbocycles. The number of hydrogen-bond donors (Lipinski definition) is 0. The van der Waals surface area contributed by atoms with Crippen LogP contribution >= 0.6 is 0 Å². The number of hydrogen-bond acceptors (Lipinski definition) is 1. The van der Waals surface area contributed by atoms with Gasteiger partial charge in [-0.15, -0.1) is 0 Å². The topological polar surface area (TPSA) is 20.3 Å². The van der Waals surface area contributed by atoms with Crippen molar-refractivity contribution >= 4 is 5.91 Å². The molecule has 2 rings (SSSR count). The van der Waals surface area contributed by atoms with Gasteiger partial charge in [0.1, 0.15) is 0 Å². The van der Waals surface area contributed by atoms with Gasteiger partial charge in [-0.3, -0.25) is 4.79 Å². The Hall–Kier alpha value is -1.31. The molecule has 1 aliphatic heterocycles. The Morgan fingerprint density at radius 1 is 1.14 bits per heavy atom. The third-order valence-corrected chi connectivity index (χ3v) is 2.29. The summed E-state index contributed by atoms with van der Waals surface area (Å²) >= 11 is 0. The second-order valence-corrected chi connectivity index (χ2v) is 3.20. The molecule has 2 nitrogen and oxygen atoms in total. The molecule has 2 heteroatoms. The normalized spacial score (nSPS) is 14.2. The Morgan fingerprint density at radius 2 is 1.71 bits per heavy atom. The summed E-state index contributed by atoms with van der Waals surface area (Å²) in [6.45, 7) is 4.76. The summed E-state index contributed by atoms with van der Waals surface area (Å²) in [6.07, 6.45) is 0.562. The summed E-state index contributed by atoms with van der Waals surface area (Å²) in [5.74, 6) is 0.216. The van der Waals surface area contributed by atoms with E-state index in [2.05, 4.69) is 6.07 Å². The van der Waals surface area contributed by atoms with E-state index < -0.39 is 0 Å². The molecule has 1 amide bonds. The van der Waals surface area contributed by atoms with Gasteiger partial charge < -0.3 is 4.90 Å². The van der Waals surface area contributed by atoms with Crippen molar-refractivity contribution in [2.45, 2.75) is 26.8 Å². The van der Waals surface area contributed by atoms with Gasteiger partial charge in [-0.1, -0.05) is 38.1 Å². The predicted octanol–water partition coefficient (Wildman–Crippen LogP) is 2.23. The molecule has 76 valence electrons. The van der Waals surface area contributed by atoms with Gasteiger partial charge in [0.25, 0.3) is 0 Å². The first-order valence-electron chi connectivity index (χ1n) is 5.08. The molecule has 0 aromatic heterocycles. The lowest BCUT2D eigenvalue weighted by Gasteiger charge is -2.24. The smallest absolute Gasteiger partial charge is 0.227 e. The van der Waals surface area contributed by atoms with E-state index in [1.54, 1.807) is 4.90 Å². The third kappa shape index (κ3) is 2.13. The van der Waals surface area contributed by atoms with Gasteiger partial charge in [0.15, 0.2) is 0 Å². The fourth-order valence-electron chi connectivity index (χ4n) is 1.53. The molecule has 1 aromatic rings. The molecule has 0 bridgehead atoms. The maximum Gasteiger partial charge on any atom is 0.227 e. The van der Waals surface area contributed by atoms with Crippen LogP contribution in [0.2, 0.25) is 0 Å². The summed E-state index contributed by atoms with van der Waals surface area (Å²) in [5.41, 5.74) is 2.46. The van der Waals surface area contributed by atoms with Crippen molar-refractivity contribution in [2.75, 3.05) is 7.05 Å². The lowest BCUT2D eigenvalue weighted by atomic mass is 10.00. The maximum absolute atomic E-state index is 11.3. The third-order valence-electron chi connectivity index (χ3n) is 2.29. The average Bonchev–Trinajstić information content (AvgIpc) is 2.23. The molecule has 14 heavy (non-hydrogen) atoms. The summed E-state index contributed by atoms with van der Waals surface area (Å²) in [4.78, 5) is 13.0. The first-order valence-corrected chi connectivity index (χ1v) is 5.08. The second kappa shape index (κ2) is 4.80. The van der Waals surface area contributed by atoms with Gasteiger partial charge in [-0.05, 0) is 11.1 Å². The summed E-state index contributed by atoms with van der Waals surface area (Å²) < 4.78 is 0. The Morgan fingerprint density at radius 3 is 2.36 bits per heavy atom. The molecule has 0 N–H and O–H groups in total. The van der Waals surface area contributed by atoms with Gasteiger partial charge in [-0.25, -0.2) is 0 Å². The van der Waals surface area contributed by atoms with Crippen molar-refractivity contribution in [1.82, 2.24) is 4.90 Å². The lowest BCUT2D eigenvalue weighted by molar-refractivity contribution is -0.130. The highest BCUT2D eigenvalue weighted by Gasteiger charge is 2.18. The highest BCUT2D eigenvalue weighted by Crippen LogP contribution is 2.17. The van der Waals surface area contributed by atoms with E-state index in [0.717, 1.165) is 6.54 Å². The van der Waals surface area contributed by atoms with Crippen LogP contribution in [0.3, 0.4) is 0 Å². The Kier molecular flexibility index (Phi) is 3.69. The lowest BCUT2D eigenvalue weighted by Crippen LogP contribution is -2.32. The Balaban J connectivity index is 0.000000461. The van der Waals surface area contributed by atoms with Crippen LogP contribution in [0.4, 0.5) is 0 Å². The number of fused-ring (bicyclic) bond motifs is 1. The van der Waals surface area contributed by atoms with Crippen LogP contribution in [-0.2, 0) is 17.8 Å². The number of amides is 1. The van der Waals surface area contributed by atoms with Crippen molar-refractivity contribution in [3.05, 3.63) is 35.4 Å². The fraction of sp³-hybridized carbons (Fsp3) is 0.417. The summed E-state index contributed by atoms with van der Waals surface area (Å²) in [6, 6.07) is 8.11. The standard InChI is InChI=1S/C10H11NO.C2H6/c1-11-7-9-5-3-2-4-8(9)6-10(11)12;1-2/h2-5H,6-7H2,1H3;1-2H3. The molecule has 0 spiro atoms. The molecule has 0 aliphatic carbocycles. The summed E-state index contributed by atoms with van der Waals surface area (Å²) in [5, 5.41) is 0. The number of carbonyl (C=O) groups is 1. The van der Waals surface area contributed by atoms with E-state index in [1.165, 1.54) is 11.1 Å². The minimum Gasteiger partial charge on any atom is -0.341 e. The minimum atomic E-state index is 0.216. The fourth-order valence-corrected chi connectivity index (χ4v) is 1.53.